The lowest BCUT2D eigenvalue weighted by atomic mass is 10.0. The molecule has 0 unspecified atom stereocenters. The van der Waals surface area contributed by atoms with Crippen molar-refractivity contribution >= 4 is 0 Å². The van der Waals surface area contributed by atoms with Crippen LogP contribution in [0.25, 0.3) is 0 Å². The summed E-state index contributed by atoms with van der Waals surface area (Å²) >= 11 is 0. The van der Waals surface area contributed by atoms with E-state index in [2.05, 4.69) is 19.2 Å². The van der Waals surface area contributed by atoms with Crippen LogP contribution < -0.4 is 5.32 Å². The summed E-state index contributed by atoms with van der Waals surface area (Å²) in [5, 5.41) is 13.1. The number of nitrogens with one attached hydrogen (secondary N) is 1. The maximum Gasteiger partial charge on any atom is 0.0693 e. The summed E-state index contributed by atoms with van der Waals surface area (Å²) < 4.78 is 0. The number of aliphatic hydroxyl groups is 1. The van der Waals surface area contributed by atoms with Gasteiger partial charge in [-0.1, -0.05) is 39.5 Å². The average Bonchev–Trinajstić information content (AvgIpc) is 2.62. The number of rotatable bonds is 8. The molecule has 2 atom stereocenters. The number of hydrogen-bond donors (Lipinski definition) is 2. The molecule has 0 bridgehead atoms. The average molecular weight is 227 g/mol. The molecular formula is C14H29NO. The quantitative estimate of drug-likeness (QED) is 0.625. The highest BCUT2D eigenvalue weighted by atomic mass is 16.3. The Labute approximate surface area is 101 Å². The van der Waals surface area contributed by atoms with Crippen LogP contribution >= 0.6 is 0 Å². The maximum atomic E-state index is 9.63. The van der Waals surface area contributed by atoms with Gasteiger partial charge < -0.3 is 10.4 Å². The van der Waals surface area contributed by atoms with E-state index < -0.39 is 0 Å². The summed E-state index contributed by atoms with van der Waals surface area (Å²) in [5.41, 5.74) is 0. The highest BCUT2D eigenvalue weighted by Gasteiger charge is 2.23. The van der Waals surface area contributed by atoms with Crippen molar-refractivity contribution in [3.8, 4) is 0 Å². The van der Waals surface area contributed by atoms with E-state index in [4.69, 9.17) is 0 Å². The molecule has 0 aromatic heterocycles. The predicted molar refractivity (Wildman–Crippen MR) is 69.6 cm³/mol. The summed E-state index contributed by atoms with van der Waals surface area (Å²) in [4.78, 5) is 0. The number of hydrogen-bond acceptors (Lipinski definition) is 2. The molecule has 1 fully saturated rings. The molecule has 2 nitrogen and oxygen atoms in total. The van der Waals surface area contributed by atoms with Gasteiger partial charge in [0.1, 0.15) is 0 Å². The topological polar surface area (TPSA) is 32.3 Å². The smallest absolute Gasteiger partial charge is 0.0693 e. The lowest BCUT2D eigenvalue weighted by Crippen LogP contribution is -2.36. The normalized spacial score (nSPS) is 25.5. The van der Waals surface area contributed by atoms with Crippen molar-refractivity contribution in [1.29, 1.82) is 0 Å². The van der Waals surface area contributed by atoms with Crippen LogP contribution in [0.4, 0.5) is 0 Å². The molecule has 0 aliphatic heterocycles. The summed E-state index contributed by atoms with van der Waals surface area (Å²) in [5.74, 6) is 0.853. The van der Waals surface area contributed by atoms with Gasteiger partial charge in [-0.3, -0.25) is 0 Å². The first-order chi connectivity index (χ1) is 7.70. The highest BCUT2D eigenvalue weighted by molar-refractivity contribution is 4.82. The second kappa shape index (κ2) is 8.08. The standard InChI is InChI=1S/C14H29NO/c1-12(2)8-5-3-4-6-11-15-13-9-7-10-14(13)16/h12-16H,3-11H2,1-2H3/t13-,14-/m1/s1. The van der Waals surface area contributed by atoms with E-state index in [0.717, 1.165) is 25.3 Å². The molecule has 0 amide bonds. The van der Waals surface area contributed by atoms with Crippen LogP contribution in [-0.2, 0) is 0 Å². The molecule has 0 saturated heterocycles. The minimum absolute atomic E-state index is 0.0825. The van der Waals surface area contributed by atoms with Crippen molar-refractivity contribution in [2.75, 3.05) is 6.54 Å². The summed E-state index contributed by atoms with van der Waals surface area (Å²) in [6.07, 6.45) is 9.98. The van der Waals surface area contributed by atoms with Crippen LogP contribution in [-0.4, -0.2) is 23.8 Å². The Balaban J connectivity index is 1.84. The minimum Gasteiger partial charge on any atom is -0.392 e. The third-order valence-electron chi connectivity index (χ3n) is 3.59. The van der Waals surface area contributed by atoms with E-state index in [9.17, 15) is 5.11 Å². The molecule has 0 aromatic carbocycles. The Kier molecular flexibility index (Phi) is 7.06. The summed E-state index contributed by atoms with van der Waals surface area (Å²) in [7, 11) is 0. The van der Waals surface area contributed by atoms with Crippen LogP contribution in [0.15, 0.2) is 0 Å². The van der Waals surface area contributed by atoms with Gasteiger partial charge in [0.2, 0.25) is 0 Å². The molecule has 0 spiro atoms. The van der Waals surface area contributed by atoms with Gasteiger partial charge in [0.25, 0.3) is 0 Å². The summed E-state index contributed by atoms with van der Waals surface area (Å²) in [6.45, 7) is 5.68. The van der Waals surface area contributed by atoms with E-state index in [0.29, 0.717) is 6.04 Å². The fourth-order valence-corrected chi connectivity index (χ4v) is 2.50. The van der Waals surface area contributed by atoms with Gasteiger partial charge in [-0.25, -0.2) is 0 Å². The van der Waals surface area contributed by atoms with E-state index >= 15 is 0 Å². The van der Waals surface area contributed by atoms with Crippen LogP contribution in [0.5, 0.6) is 0 Å². The number of aliphatic hydroxyl groups excluding tert-OH is 1. The zero-order valence-corrected chi connectivity index (χ0v) is 11.0. The van der Waals surface area contributed by atoms with Crippen LogP contribution in [0, 0.1) is 5.92 Å². The lowest BCUT2D eigenvalue weighted by Gasteiger charge is -2.16. The molecule has 1 rings (SSSR count). The molecule has 0 heterocycles. The largest absolute Gasteiger partial charge is 0.392 e. The predicted octanol–water partition coefficient (Wildman–Crippen LogP) is 3.10. The molecule has 0 aromatic rings. The van der Waals surface area contributed by atoms with Crippen molar-refractivity contribution in [2.24, 2.45) is 5.92 Å². The van der Waals surface area contributed by atoms with Gasteiger partial charge in [-0.15, -0.1) is 0 Å². The van der Waals surface area contributed by atoms with Gasteiger partial charge in [0.15, 0.2) is 0 Å². The highest BCUT2D eigenvalue weighted by Crippen LogP contribution is 2.18. The van der Waals surface area contributed by atoms with Crippen molar-refractivity contribution in [2.45, 2.75) is 77.4 Å². The molecule has 2 heteroatoms. The third kappa shape index (κ3) is 5.86. The first-order valence-corrected chi connectivity index (χ1v) is 7.11. The first-order valence-electron chi connectivity index (χ1n) is 7.11. The molecule has 16 heavy (non-hydrogen) atoms. The van der Waals surface area contributed by atoms with Gasteiger partial charge in [0, 0.05) is 6.04 Å². The Bertz CT molecular complexity index is 170. The third-order valence-corrected chi connectivity index (χ3v) is 3.59. The molecule has 2 N–H and O–H groups in total. The van der Waals surface area contributed by atoms with E-state index in [1.54, 1.807) is 0 Å². The van der Waals surface area contributed by atoms with Crippen molar-refractivity contribution in [3.05, 3.63) is 0 Å². The second-order valence-corrected chi connectivity index (χ2v) is 5.66. The molecule has 1 aliphatic rings. The van der Waals surface area contributed by atoms with Crippen LogP contribution in [0.1, 0.15) is 65.2 Å². The Morgan fingerprint density at radius 2 is 1.88 bits per heavy atom. The molecule has 1 aliphatic carbocycles. The van der Waals surface area contributed by atoms with Crippen LogP contribution in [0.3, 0.4) is 0 Å². The maximum absolute atomic E-state index is 9.63. The van der Waals surface area contributed by atoms with Crippen LogP contribution in [0.2, 0.25) is 0 Å². The fourth-order valence-electron chi connectivity index (χ4n) is 2.50. The van der Waals surface area contributed by atoms with Crippen molar-refractivity contribution in [1.82, 2.24) is 5.32 Å². The second-order valence-electron chi connectivity index (χ2n) is 5.66. The van der Waals surface area contributed by atoms with Gasteiger partial charge in [-0.05, 0) is 38.1 Å². The Morgan fingerprint density at radius 3 is 2.50 bits per heavy atom. The first kappa shape index (κ1) is 14.0. The minimum atomic E-state index is -0.0825. The monoisotopic (exact) mass is 227 g/mol. The molecule has 0 radical (unpaired) electrons. The van der Waals surface area contributed by atoms with Crippen molar-refractivity contribution in [3.63, 3.8) is 0 Å². The SMILES string of the molecule is CC(C)CCCCCCN[C@@H]1CCC[C@H]1O. The summed E-state index contributed by atoms with van der Waals surface area (Å²) in [6, 6.07) is 0.385. The van der Waals surface area contributed by atoms with E-state index in [1.807, 2.05) is 0 Å². The fraction of sp³-hybridized carbons (Fsp3) is 1.00. The van der Waals surface area contributed by atoms with Gasteiger partial charge >= 0.3 is 0 Å². The molecular weight excluding hydrogens is 198 g/mol. The van der Waals surface area contributed by atoms with E-state index in [1.165, 1.54) is 38.5 Å². The Morgan fingerprint density at radius 1 is 1.12 bits per heavy atom. The molecule has 96 valence electrons. The van der Waals surface area contributed by atoms with Crippen molar-refractivity contribution < 1.29 is 5.11 Å². The van der Waals surface area contributed by atoms with E-state index in [-0.39, 0.29) is 6.10 Å². The van der Waals surface area contributed by atoms with Gasteiger partial charge in [-0.2, -0.15) is 0 Å². The lowest BCUT2D eigenvalue weighted by molar-refractivity contribution is 0.149. The van der Waals surface area contributed by atoms with Gasteiger partial charge in [0.05, 0.1) is 6.10 Å². The zero-order chi connectivity index (χ0) is 11.8. The Hall–Kier alpha value is -0.0800. The number of unbranched alkanes of at least 4 members (excludes halogenated alkanes) is 3. The molecule has 1 saturated carbocycles. The zero-order valence-electron chi connectivity index (χ0n) is 11.0.